The number of ether oxygens (including phenoxy) is 1. The van der Waals surface area contributed by atoms with Crippen molar-refractivity contribution in [1.82, 2.24) is 0 Å². The van der Waals surface area contributed by atoms with Gasteiger partial charge in [0, 0.05) is 0 Å². The fourth-order valence-corrected chi connectivity index (χ4v) is 10.9. The van der Waals surface area contributed by atoms with Crippen LogP contribution < -0.4 is 4.74 Å². The van der Waals surface area contributed by atoms with Gasteiger partial charge in [-0.15, -0.1) is 0 Å². The zero-order chi connectivity index (χ0) is 21.8. The van der Waals surface area contributed by atoms with E-state index < -0.39 is 6.83 Å². The van der Waals surface area contributed by atoms with Crippen molar-refractivity contribution in [2.45, 2.75) is 79.1 Å². The van der Waals surface area contributed by atoms with E-state index >= 15 is 0 Å². The average molecular weight is 427 g/mol. The minimum absolute atomic E-state index is 0.0667. The van der Waals surface area contributed by atoms with Crippen LogP contribution in [-0.4, -0.2) is 42.8 Å². The van der Waals surface area contributed by atoms with Crippen molar-refractivity contribution in [2.75, 3.05) is 31.8 Å². The van der Waals surface area contributed by atoms with Crippen molar-refractivity contribution in [3.05, 3.63) is 23.8 Å². The minimum atomic E-state index is -2.71. The van der Waals surface area contributed by atoms with E-state index in [9.17, 15) is 9.90 Å². The Hall–Kier alpha value is -1.28. The summed E-state index contributed by atoms with van der Waals surface area (Å²) in [4.78, 5) is 13.3. The third kappa shape index (κ3) is 7.17. The second-order valence-corrected chi connectivity index (χ2v) is 14.1. The summed E-state index contributed by atoms with van der Waals surface area (Å²) in [5, 5.41) is 10.4. The predicted molar refractivity (Wildman–Crippen MR) is 126 cm³/mol. The van der Waals surface area contributed by atoms with E-state index in [4.69, 9.17) is 9.26 Å². The van der Waals surface area contributed by atoms with Crippen LogP contribution in [0, 0.1) is 0 Å². The van der Waals surface area contributed by atoms with Gasteiger partial charge in [-0.3, -0.25) is 0 Å². The second kappa shape index (κ2) is 12.4. The first-order valence-corrected chi connectivity index (χ1v) is 14.4. The van der Waals surface area contributed by atoms with Gasteiger partial charge < -0.3 is 0 Å². The van der Waals surface area contributed by atoms with Crippen LogP contribution >= 0.6 is 6.83 Å². The number of rotatable bonds is 15. The van der Waals surface area contributed by atoms with Crippen molar-refractivity contribution in [1.29, 1.82) is 0 Å². The molecule has 1 aromatic carbocycles. The van der Waals surface area contributed by atoms with E-state index in [-0.39, 0.29) is 17.3 Å². The quantitative estimate of drug-likeness (QED) is 0.301. The van der Waals surface area contributed by atoms with Crippen LogP contribution in [0.1, 0.15) is 89.4 Å². The summed E-state index contributed by atoms with van der Waals surface area (Å²) in [6.45, 7) is 6.13. The van der Waals surface area contributed by atoms with E-state index in [2.05, 4.69) is 27.7 Å². The molecule has 0 saturated carbocycles. The summed E-state index contributed by atoms with van der Waals surface area (Å²) >= 11 is 0. The average Bonchev–Trinajstić information content (AvgIpc) is 2.73. The van der Waals surface area contributed by atoms with Crippen molar-refractivity contribution >= 4 is 12.8 Å². The van der Waals surface area contributed by atoms with E-state index in [0.29, 0.717) is 5.75 Å². The van der Waals surface area contributed by atoms with Crippen LogP contribution in [0.3, 0.4) is 0 Å². The molecule has 1 N–H and O–H groups in total. The Morgan fingerprint density at radius 2 is 1.31 bits per heavy atom. The molecule has 1 aromatic rings. The van der Waals surface area contributed by atoms with Gasteiger partial charge in [0.15, 0.2) is 0 Å². The number of benzene rings is 1. The van der Waals surface area contributed by atoms with Crippen LogP contribution in [0.5, 0.6) is 11.5 Å². The Labute approximate surface area is 178 Å². The molecule has 0 spiro atoms. The van der Waals surface area contributed by atoms with Crippen LogP contribution in [0.15, 0.2) is 18.2 Å². The number of aromatic hydroxyl groups is 1. The summed E-state index contributed by atoms with van der Waals surface area (Å²) in [5.41, 5.74) is 0.251. The van der Waals surface area contributed by atoms with Gasteiger partial charge in [-0.05, 0) is 0 Å². The molecular formula is C24H43O4P. The Bertz CT molecular complexity index is 586. The Kier molecular flexibility index (Phi) is 11.0. The molecule has 4 nitrogen and oxygen atoms in total. The molecule has 0 unspecified atom stereocenters. The van der Waals surface area contributed by atoms with Gasteiger partial charge in [0.25, 0.3) is 0 Å². The molecule has 0 saturated heterocycles. The molecule has 0 atom stereocenters. The molecular weight excluding hydrogens is 383 g/mol. The standard InChI is InChI=1S/C24H43O4P/c1-6-10-16-29(17-11-7-2,18-12-8-3,19-13-9-4)28-24(26)22-15-14-21(27-5)20-23(22)25/h14-15,20,25H,6-13,16-19H2,1-5H3. The van der Waals surface area contributed by atoms with Crippen molar-refractivity contribution in [3.63, 3.8) is 0 Å². The summed E-state index contributed by atoms with van der Waals surface area (Å²) in [6.07, 6.45) is 12.9. The van der Waals surface area contributed by atoms with Crippen LogP contribution in [-0.2, 0) is 4.52 Å². The molecule has 29 heavy (non-hydrogen) atoms. The molecule has 1 rings (SSSR count). The molecule has 0 aliphatic heterocycles. The van der Waals surface area contributed by atoms with Gasteiger partial charge in [-0.1, -0.05) is 0 Å². The van der Waals surface area contributed by atoms with Gasteiger partial charge >= 0.3 is 178 Å². The van der Waals surface area contributed by atoms with Gasteiger partial charge in [-0.25, -0.2) is 0 Å². The zero-order valence-corrected chi connectivity index (χ0v) is 20.2. The second-order valence-electron chi connectivity index (χ2n) is 8.43. The molecule has 168 valence electrons. The number of carbonyl (C=O) groups excluding carboxylic acids is 1. The first kappa shape index (κ1) is 25.8. The fourth-order valence-electron chi connectivity index (χ4n) is 4.18. The van der Waals surface area contributed by atoms with Gasteiger partial charge in [-0.2, -0.15) is 0 Å². The predicted octanol–water partition coefficient (Wildman–Crippen LogP) is 7.23. The molecule has 0 aliphatic carbocycles. The van der Waals surface area contributed by atoms with E-state index in [0.717, 1.165) is 76.0 Å². The topological polar surface area (TPSA) is 55.8 Å². The van der Waals surface area contributed by atoms with Crippen LogP contribution in [0.2, 0.25) is 0 Å². The normalized spacial score (nSPS) is 12.9. The van der Waals surface area contributed by atoms with E-state index in [1.807, 2.05) is 0 Å². The maximum atomic E-state index is 13.3. The Morgan fingerprint density at radius 1 is 0.862 bits per heavy atom. The van der Waals surface area contributed by atoms with Crippen LogP contribution in [0.25, 0.3) is 0 Å². The molecule has 5 heteroatoms. The van der Waals surface area contributed by atoms with Crippen molar-refractivity contribution in [2.24, 2.45) is 0 Å². The van der Waals surface area contributed by atoms with Gasteiger partial charge in [0.1, 0.15) is 0 Å². The summed E-state index contributed by atoms with van der Waals surface area (Å²) in [5.74, 6) is 0.107. The number of methoxy groups -OCH3 is 1. The van der Waals surface area contributed by atoms with Crippen molar-refractivity contribution < 1.29 is 19.2 Å². The molecule has 0 fully saturated rings. The molecule has 0 heterocycles. The number of phenolic OH excluding ortho intramolecular Hbond substituents is 1. The Balaban J connectivity index is 3.38. The third-order valence-electron chi connectivity index (χ3n) is 6.08. The Morgan fingerprint density at radius 3 is 1.66 bits per heavy atom. The number of phenols is 1. The van der Waals surface area contributed by atoms with E-state index in [1.165, 1.54) is 6.07 Å². The fraction of sp³-hybridized carbons (Fsp3) is 0.708. The summed E-state index contributed by atoms with van der Waals surface area (Å²) < 4.78 is 11.8. The number of hydrogen-bond donors (Lipinski definition) is 1. The van der Waals surface area contributed by atoms with Crippen molar-refractivity contribution in [3.8, 4) is 11.5 Å². The molecule has 0 aromatic heterocycles. The maximum absolute atomic E-state index is 13.3. The third-order valence-corrected chi connectivity index (χ3v) is 12.5. The molecule has 0 radical (unpaired) electrons. The first-order chi connectivity index (χ1) is 13.9. The molecule has 0 amide bonds. The zero-order valence-electron chi connectivity index (χ0n) is 19.3. The number of hydrogen-bond acceptors (Lipinski definition) is 4. The molecule has 0 bridgehead atoms. The number of unbranched alkanes of at least 4 members (excludes halogenated alkanes) is 4. The van der Waals surface area contributed by atoms with Crippen LogP contribution in [0.4, 0.5) is 0 Å². The van der Waals surface area contributed by atoms with Gasteiger partial charge in [0.2, 0.25) is 0 Å². The molecule has 0 aliphatic rings. The summed E-state index contributed by atoms with van der Waals surface area (Å²) in [6, 6.07) is 4.82. The van der Waals surface area contributed by atoms with Gasteiger partial charge in [0.05, 0.1) is 0 Å². The first-order valence-electron chi connectivity index (χ1n) is 11.5. The monoisotopic (exact) mass is 426 g/mol. The SMILES string of the molecule is CCCCP(CCCC)(CCCC)(CCCC)OC(=O)c1ccc(OC)cc1O. The van der Waals surface area contributed by atoms with E-state index in [1.54, 1.807) is 19.2 Å². The summed E-state index contributed by atoms with van der Waals surface area (Å²) in [7, 11) is 1.55. The number of carbonyl (C=O) groups is 1.